The standard InChI is InChI=1S/C26H31FN2O/c1-4-6-7-20-8-10-22(11-9-20)26-28-16-23(17-29-26)21-12-14-24(15-13-21)30-18-25(27)19(3)5-2/h8-17,19,25H,4-7,18H2,1-3H3. The van der Waals surface area contributed by atoms with Crippen molar-refractivity contribution in [3.63, 3.8) is 0 Å². The largest absolute Gasteiger partial charge is 0.491 e. The van der Waals surface area contributed by atoms with Crippen LogP contribution in [-0.2, 0) is 6.42 Å². The van der Waals surface area contributed by atoms with Gasteiger partial charge in [-0.25, -0.2) is 14.4 Å². The third-order valence-electron chi connectivity index (χ3n) is 5.54. The first-order valence-electron chi connectivity index (χ1n) is 10.9. The van der Waals surface area contributed by atoms with E-state index in [9.17, 15) is 4.39 Å². The van der Waals surface area contributed by atoms with Gasteiger partial charge in [0.15, 0.2) is 5.82 Å². The Balaban J connectivity index is 1.62. The Morgan fingerprint density at radius 3 is 2.10 bits per heavy atom. The molecule has 30 heavy (non-hydrogen) atoms. The van der Waals surface area contributed by atoms with Gasteiger partial charge in [0, 0.05) is 23.5 Å². The molecule has 1 heterocycles. The lowest BCUT2D eigenvalue weighted by Crippen LogP contribution is -2.20. The molecule has 3 nitrogen and oxygen atoms in total. The number of hydrogen-bond donors (Lipinski definition) is 0. The van der Waals surface area contributed by atoms with Gasteiger partial charge in [-0.05, 0) is 42.0 Å². The summed E-state index contributed by atoms with van der Waals surface area (Å²) in [5.41, 5.74) is 4.31. The molecule has 0 saturated carbocycles. The van der Waals surface area contributed by atoms with Crippen LogP contribution in [0, 0.1) is 5.92 Å². The lowest BCUT2D eigenvalue weighted by Gasteiger charge is -2.15. The lowest BCUT2D eigenvalue weighted by atomic mass is 10.0. The zero-order valence-electron chi connectivity index (χ0n) is 18.1. The van der Waals surface area contributed by atoms with Crippen LogP contribution in [0.5, 0.6) is 5.75 Å². The van der Waals surface area contributed by atoms with Gasteiger partial charge in [0.25, 0.3) is 0 Å². The summed E-state index contributed by atoms with van der Waals surface area (Å²) >= 11 is 0. The van der Waals surface area contributed by atoms with Crippen LogP contribution in [0.25, 0.3) is 22.5 Å². The maximum atomic E-state index is 13.9. The molecule has 0 aliphatic carbocycles. The molecule has 0 aliphatic rings. The van der Waals surface area contributed by atoms with E-state index in [0.717, 1.165) is 35.4 Å². The number of benzene rings is 2. The summed E-state index contributed by atoms with van der Waals surface area (Å²) in [7, 11) is 0. The molecular formula is C26H31FN2O. The molecule has 0 aliphatic heterocycles. The number of unbranched alkanes of at least 4 members (excludes halogenated alkanes) is 1. The Labute approximate surface area is 179 Å². The van der Waals surface area contributed by atoms with Crippen molar-refractivity contribution in [3.05, 3.63) is 66.5 Å². The first-order chi connectivity index (χ1) is 14.6. The van der Waals surface area contributed by atoms with Gasteiger partial charge < -0.3 is 4.74 Å². The van der Waals surface area contributed by atoms with Crippen molar-refractivity contribution in [2.45, 2.75) is 52.6 Å². The second kappa shape index (κ2) is 10.9. The molecule has 3 rings (SSSR count). The van der Waals surface area contributed by atoms with E-state index in [0.29, 0.717) is 5.75 Å². The summed E-state index contributed by atoms with van der Waals surface area (Å²) in [6.07, 6.45) is 7.06. The molecule has 0 bridgehead atoms. The van der Waals surface area contributed by atoms with Gasteiger partial charge in [0.1, 0.15) is 18.5 Å². The minimum atomic E-state index is -0.948. The van der Waals surface area contributed by atoms with E-state index in [2.05, 4.69) is 41.2 Å². The summed E-state index contributed by atoms with van der Waals surface area (Å²) in [6, 6.07) is 16.1. The average Bonchev–Trinajstić information content (AvgIpc) is 2.81. The number of hydrogen-bond acceptors (Lipinski definition) is 3. The molecule has 1 aromatic heterocycles. The number of rotatable bonds is 10. The van der Waals surface area contributed by atoms with Gasteiger partial charge in [-0.3, -0.25) is 0 Å². The van der Waals surface area contributed by atoms with Gasteiger partial charge in [-0.1, -0.05) is 70.0 Å². The van der Waals surface area contributed by atoms with Crippen molar-refractivity contribution < 1.29 is 9.13 Å². The Hall–Kier alpha value is -2.75. The molecule has 0 saturated heterocycles. The fourth-order valence-corrected chi connectivity index (χ4v) is 3.17. The van der Waals surface area contributed by atoms with Gasteiger partial charge in [-0.2, -0.15) is 0 Å². The minimum Gasteiger partial charge on any atom is -0.491 e. The van der Waals surface area contributed by atoms with Crippen LogP contribution in [0.1, 0.15) is 45.6 Å². The summed E-state index contributed by atoms with van der Waals surface area (Å²) in [5.74, 6) is 1.40. The molecular weight excluding hydrogens is 375 g/mol. The van der Waals surface area contributed by atoms with Crippen LogP contribution < -0.4 is 4.74 Å². The lowest BCUT2D eigenvalue weighted by molar-refractivity contribution is 0.145. The smallest absolute Gasteiger partial charge is 0.159 e. The monoisotopic (exact) mass is 406 g/mol. The predicted octanol–water partition coefficient (Wildman–Crippen LogP) is 6.92. The second-order valence-corrected chi connectivity index (χ2v) is 7.83. The fourth-order valence-electron chi connectivity index (χ4n) is 3.17. The maximum Gasteiger partial charge on any atom is 0.159 e. The second-order valence-electron chi connectivity index (χ2n) is 7.83. The highest BCUT2D eigenvalue weighted by Crippen LogP contribution is 2.24. The van der Waals surface area contributed by atoms with Gasteiger partial charge >= 0.3 is 0 Å². The van der Waals surface area contributed by atoms with E-state index in [1.165, 1.54) is 18.4 Å². The van der Waals surface area contributed by atoms with Gasteiger partial charge in [0.2, 0.25) is 0 Å². The van der Waals surface area contributed by atoms with E-state index in [1.54, 1.807) is 0 Å². The quantitative estimate of drug-likeness (QED) is 0.367. The van der Waals surface area contributed by atoms with Crippen LogP contribution in [0.3, 0.4) is 0 Å². The SMILES string of the molecule is CCCCc1ccc(-c2ncc(-c3ccc(OCC(F)C(C)CC)cc3)cn2)cc1. The summed E-state index contributed by atoms with van der Waals surface area (Å²) in [6.45, 7) is 6.19. The summed E-state index contributed by atoms with van der Waals surface area (Å²) < 4.78 is 19.5. The molecule has 0 N–H and O–H groups in total. The highest BCUT2D eigenvalue weighted by molar-refractivity contribution is 5.64. The van der Waals surface area contributed by atoms with Crippen LogP contribution in [-0.4, -0.2) is 22.7 Å². The molecule has 2 unspecified atom stereocenters. The van der Waals surface area contributed by atoms with Crippen LogP contribution >= 0.6 is 0 Å². The highest BCUT2D eigenvalue weighted by Gasteiger charge is 2.15. The predicted molar refractivity (Wildman–Crippen MR) is 121 cm³/mol. The Morgan fingerprint density at radius 1 is 0.867 bits per heavy atom. The van der Waals surface area contributed by atoms with Gasteiger partial charge in [0.05, 0.1) is 0 Å². The first-order valence-corrected chi connectivity index (χ1v) is 10.9. The van der Waals surface area contributed by atoms with Crippen molar-refractivity contribution >= 4 is 0 Å². The highest BCUT2D eigenvalue weighted by atomic mass is 19.1. The van der Waals surface area contributed by atoms with Crippen molar-refractivity contribution in [2.75, 3.05) is 6.61 Å². The van der Waals surface area contributed by atoms with E-state index < -0.39 is 6.17 Å². The number of halogens is 1. The van der Waals surface area contributed by atoms with Crippen molar-refractivity contribution in [3.8, 4) is 28.3 Å². The van der Waals surface area contributed by atoms with Crippen LogP contribution in [0.2, 0.25) is 0 Å². The Morgan fingerprint density at radius 2 is 1.50 bits per heavy atom. The number of alkyl halides is 1. The molecule has 3 aromatic rings. The van der Waals surface area contributed by atoms with Crippen molar-refractivity contribution in [2.24, 2.45) is 5.92 Å². The molecule has 0 amide bonds. The van der Waals surface area contributed by atoms with Crippen LogP contribution in [0.15, 0.2) is 60.9 Å². The summed E-state index contributed by atoms with van der Waals surface area (Å²) in [4.78, 5) is 9.07. The summed E-state index contributed by atoms with van der Waals surface area (Å²) in [5, 5.41) is 0. The molecule has 158 valence electrons. The number of aryl methyl sites for hydroxylation is 1. The zero-order chi connectivity index (χ0) is 21.3. The number of nitrogens with zero attached hydrogens (tertiary/aromatic N) is 2. The Bertz CT molecular complexity index is 892. The van der Waals surface area contributed by atoms with Crippen molar-refractivity contribution in [1.82, 2.24) is 9.97 Å². The number of aromatic nitrogens is 2. The van der Waals surface area contributed by atoms with E-state index in [4.69, 9.17) is 4.74 Å². The fraction of sp³-hybridized carbons (Fsp3) is 0.385. The maximum absolute atomic E-state index is 13.9. The zero-order valence-corrected chi connectivity index (χ0v) is 18.1. The van der Waals surface area contributed by atoms with E-state index >= 15 is 0 Å². The van der Waals surface area contributed by atoms with E-state index in [1.807, 2.05) is 50.5 Å². The molecule has 2 atom stereocenters. The Kier molecular flexibility index (Phi) is 7.95. The third kappa shape index (κ3) is 5.88. The molecule has 2 aromatic carbocycles. The number of ether oxygens (including phenoxy) is 1. The first kappa shape index (κ1) is 21.9. The van der Waals surface area contributed by atoms with Gasteiger partial charge in [-0.15, -0.1) is 0 Å². The average molecular weight is 407 g/mol. The molecule has 0 radical (unpaired) electrons. The molecule has 0 spiro atoms. The van der Waals surface area contributed by atoms with E-state index in [-0.39, 0.29) is 12.5 Å². The molecule has 4 heteroatoms. The molecule has 0 fully saturated rings. The third-order valence-corrected chi connectivity index (χ3v) is 5.54. The van der Waals surface area contributed by atoms with Crippen LogP contribution in [0.4, 0.5) is 4.39 Å². The normalized spacial score (nSPS) is 13.1. The van der Waals surface area contributed by atoms with Crippen molar-refractivity contribution in [1.29, 1.82) is 0 Å². The topological polar surface area (TPSA) is 35.0 Å². The minimum absolute atomic E-state index is 0.00693.